The van der Waals surface area contributed by atoms with Crippen LogP contribution in [0.5, 0.6) is 0 Å². The van der Waals surface area contributed by atoms with Gasteiger partial charge in [0, 0.05) is 13.0 Å². The molecule has 0 saturated carbocycles. The molecule has 1 amide bonds. The molecule has 82 valence electrons. The predicted octanol–water partition coefficient (Wildman–Crippen LogP) is 2.75. The van der Waals surface area contributed by atoms with Crippen molar-refractivity contribution >= 4 is 5.91 Å². The Balaban J connectivity index is 4.32. The minimum absolute atomic E-state index is 0.108. The largest absolute Gasteiger partial charge is 0.359 e. The molecule has 0 aliphatic heterocycles. The van der Waals surface area contributed by atoms with E-state index in [0.29, 0.717) is 0 Å². The second-order valence-electron chi connectivity index (χ2n) is 4.88. The van der Waals surface area contributed by atoms with E-state index in [0.717, 1.165) is 12.8 Å². The van der Waals surface area contributed by atoms with Crippen LogP contribution in [0.2, 0.25) is 0 Å². The third-order valence-electron chi connectivity index (χ3n) is 2.13. The number of carbonyl (C=O) groups is 1. The SMILES string of the molecule is C/C=C/CC(CC(C)(C)C)C(=O)NC. The molecule has 0 aliphatic rings. The van der Waals surface area contributed by atoms with Crippen molar-refractivity contribution in [1.29, 1.82) is 0 Å². The van der Waals surface area contributed by atoms with E-state index in [-0.39, 0.29) is 17.2 Å². The van der Waals surface area contributed by atoms with Crippen molar-refractivity contribution in [2.75, 3.05) is 7.05 Å². The summed E-state index contributed by atoms with van der Waals surface area (Å²) in [4.78, 5) is 11.6. The minimum Gasteiger partial charge on any atom is -0.359 e. The van der Waals surface area contributed by atoms with E-state index < -0.39 is 0 Å². The number of amides is 1. The lowest BCUT2D eigenvalue weighted by Gasteiger charge is -2.24. The van der Waals surface area contributed by atoms with Gasteiger partial charge >= 0.3 is 0 Å². The molecule has 0 saturated heterocycles. The monoisotopic (exact) mass is 197 g/mol. The van der Waals surface area contributed by atoms with Crippen LogP contribution in [0.3, 0.4) is 0 Å². The maximum Gasteiger partial charge on any atom is 0.223 e. The molecule has 2 heteroatoms. The van der Waals surface area contributed by atoms with Gasteiger partial charge in [-0.15, -0.1) is 0 Å². The minimum atomic E-state index is 0.108. The first kappa shape index (κ1) is 13.2. The van der Waals surface area contributed by atoms with Crippen molar-refractivity contribution in [2.24, 2.45) is 11.3 Å². The summed E-state index contributed by atoms with van der Waals surface area (Å²) in [6.45, 7) is 8.48. The topological polar surface area (TPSA) is 29.1 Å². The first-order chi connectivity index (χ1) is 6.40. The lowest BCUT2D eigenvalue weighted by molar-refractivity contribution is -0.125. The molecule has 0 fully saturated rings. The summed E-state index contributed by atoms with van der Waals surface area (Å²) < 4.78 is 0. The maximum atomic E-state index is 11.6. The molecule has 1 N–H and O–H groups in total. The number of hydrogen-bond donors (Lipinski definition) is 1. The average molecular weight is 197 g/mol. The van der Waals surface area contributed by atoms with Gasteiger partial charge in [-0.3, -0.25) is 4.79 Å². The molecule has 0 bridgehead atoms. The van der Waals surface area contributed by atoms with Gasteiger partial charge in [0.05, 0.1) is 0 Å². The van der Waals surface area contributed by atoms with E-state index in [4.69, 9.17) is 0 Å². The van der Waals surface area contributed by atoms with Crippen molar-refractivity contribution in [2.45, 2.75) is 40.5 Å². The molecule has 0 aromatic carbocycles. The van der Waals surface area contributed by atoms with Crippen LogP contribution < -0.4 is 5.32 Å². The Morgan fingerprint density at radius 2 is 2.00 bits per heavy atom. The standard InChI is InChI=1S/C12H23NO/c1-6-7-8-10(11(14)13-5)9-12(2,3)4/h6-7,10H,8-9H2,1-5H3,(H,13,14)/b7-6+. The highest BCUT2D eigenvalue weighted by Crippen LogP contribution is 2.26. The number of rotatable bonds is 4. The van der Waals surface area contributed by atoms with E-state index in [9.17, 15) is 4.79 Å². The molecule has 1 unspecified atom stereocenters. The summed E-state index contributed by atoms with van der Waals surface area (Å²) in [6, 6.07) is 0. The average Bonchev–Trinajstić information content (AvgIpc) is 2.09. The molecule has 2 nitrogen and oxygen atoms in total. The van der Waals surface area contributed by atoms with Gasteiger partial charge in [-0.25, -0.2) is 0 Å². The van der Waals surface area contributed by atoms with Crippen molar-refractivity contribution in [3.05, 3.63) is 12.2 Å². The highest BCUT2D eigenvalue weighted by molar-refractivity contribution is 5.78. The zero-order valence-electron chi connectivity index (χ0n) is 10.1. The Kier molecular flexibility index (Phi) is 5.51. The van der Waals surface area contributed by atoms with Gasteiger partial charge in [-0.2, -0.15) is 0 Å². The quantitative estimate of drug-likeness (QED) is 0.690. The van der Waals surface area contributed by atoms with Crippen molar-refractivity contribution in [3.8, 4) is 0 Å². The molecule has 0 spiro atoms. The first-order valence-corrected chi connectivity index (χ1v) is 5.23. The normalized spacial score (nSPS) is 14.4. The summed E-state index contributed by atoms with van der Waals surface area (Å²) in [7, 11) is 1.70. The van der Waals surface area contributed by atoms with Crippen molar-refractivity contribution in [1.82, 2.24) is 5.32 Å². The van der Waals surface area contributed by atoms with Crippen molar-refractivity contribution in [3.63, 3.8) is 0 Å². The maximum absolute atomic E-state index is 11.6. The molecule has 0 radical (unpaired) electrons. The zero-order valence-corrected chi connectivity index (χ0v) is 10.1. The van der Waals surface area contributed by atoms with Crippen LogP contribution in [0.15, 0.2) is 12.2 Å². The van der Waals surface area contributed by atoms with Gasteiger partial charge < -0.3 is 5.32 Å². The van der Waals surface area contributed by atoms with Gasteiger partial charge in [0.15, 0.2) is 0 Å². The van der Waals surface area contributed by atoms with Crippen LogP contribution in [0.25, 0.3) is 0 Å². The van der Waals surface area contributed by atoms with Crippen LogP contribution in [0.4, 0.5) is 0 Å². The molecule has 1 atom stereocenters. The van der Waals surface area contributed by atoms with E-state index in [1.807, 2.05) is 13.0 Å². The van der Waals surface area contributed by atoms with Gasteiger partial charge in [0.25, 0.3) is 0 Å². The number of hydrogen-bond acceptors (Lipinski definition) is 1. The number of carbonyl (C=O) groups excluding carboxylic acids is 1. The summed E-state index contributed by atoms with van der Waals surface area (Å²) in [5, 5.41) is 2.72. The molecular weight excluding hydrogens is 174 g/mol. The second kappa shape index (κ2) is 5.84. The Morgan fingerprint density at radius 3 is 2.36 bits per heavy atom. The Morgan fingerprint density at radius 1 is 1.43 bits per heavy atom. The molecular formula is C12H23NO. The second-order valence-corrected chi connectivity index (χ2v) is 4.88. The van der Waals surface area contributed by atoms with Crippen LogP contribution in [-0.4, -0.2) is 13.0 Å². The van der Waals surface area contributed by atoms with E-state index in [1.54, 1.807) is 7.05 Å². The van der Waals surface area contributed by atoms with Gasteiger partial charge in [0.1, 0.15) is 0 Å². The van der Waals surface area contributed by atoms with Crippen molar-refractivity contribution < 1.29 is 4.79 Å². The Bertz CT molecular complexity index is 201. The summed E-state index contributed by atoms with van der Waals surface area (Å²) in [6.07, 6.45) is 5.83. The summed E-state index contributed by atoms with van der Waals surface area (Å²) >= 11 is 0. The zero-order chi connectivity index (χ0) is 11.2. The molecule has 14 heavy (non-hydrogen) atoms. The summed E-state index contributed by atoms with van der Waals surface area (Å²) in [5.74, 6) is 0.259. The fraction of sp³-hybridized carbons (Fsp3) is 0.750. The van der Waals surface area contributed by atoms with Crippen LogP contribution in [0, 0.1) is 11.3 Å². The Hall–Kier alpha value is -0.790. The van der Waals surface area contributed by atoms with E-state index >= 15 is 0 Å². The molecule has 0 aliphatic carbocycles. The third kappa shape index (κ3) is 5.79. The smallest absolute Gasteiger partial charge is 0.223 e. The fourth-order valence-corrected chi connectivity index (χ4v) is 1.53. The predicted molar refractivity (Wildman–Crippen MR) is 61.1 cm³/mol. The van der Waals surface area contributed by atoms with Crippen LogP contribution in [-0.2, 0) is 4.79 Å². The van der Waals surface area contributed by atoms with Gasteiger partial charge in [-0.05, 0) is 25.2 Å². The highest BCUT2D eigenvalue weighted by Gasteiger charge is 2.22. The lowest BCUT2D eigenvalue weighted by atomic mass is 9.83. The van der Waals surface area contributed by atoms with Gasteiger partial charge in [-0.1, -0.05) is 32.9 Å². The summed E-state index contributed by atoms with van der Waals surface area (Å²) in [5.41, 5.74) is 0.207. The Labute approximate surface area is 87.8 Å². The third-order valence-corrected chi connectivity index (χ3v) is 2.13. The molecule has 0 heterocycles. The van der Waals surface area contributed by atoms with Crippen LogP contribution >= 0.6 is 0 Å². The van der Waals surface area contributed by atoms with Gasteiger partial charge in [0.2, 0.25) is 5.91 Å². The highest BCUT2D eigenvalue weighted by atomic mass is 16.1. The number of allylic oxidation sites excluding steroid dienone is 2. The van der Waals surface area contributed by atoms with Crippen LogP contribution in [0.1, 0.15) is 40.5 Å². The van der Waals surface area contributed by atoms with E-state index in [2.05, 4.69) is 32.2 Å². The van der Waals surface area contributed by atoms with E-state index in [1.165, 1.54) is 0 Å². The first-order valence-electron chi connectivity index (χ1n) is 5.23. The molecule has 0 rings (SSSR count). The lowest BCUT2D eigenvalue weighted by Crippen LogP contribution is -2.30. The fourth-order valence-electron chi connectivity index (χ4n) is 1.53. The molecule has 0 aromatic rings. The number of nitrogens with one attached hydrogen (secondary N) is 1. The molecule has 0 aromatic heterocycles.